The normalized spacial score (nSPS) is 21.4. The molecule has 1 heterocycles. The lowest BCUT2D eigenvalue weighted by atomic mass is 9.99. The van der Waals surface area contributed by atoms with Crippen LogP contribution in [0.15, 0.2) is 85.1 Å². The topological polar surface area (TPSA) is 149 Å². The summed E-state index contributed by atoms with van der Waals surface area (Å²) in [5.74, 6) is -0.161. The minimum Gasteiger partial charge on any atom is -0.394 e. The van der Waals surface area contributed by atoms with Crippen LogP contribution in [0.2, 0.25) is 0 Å². The predicted molar refractivity (Wildman–Crippen MR) is 248 cm³/mol. The molecule has 1 fully saturated rings. The van der Waals surface area contributed by atoms with Gasteiger partial charge in [0.25, 0.3) is 0 Å². The van der Waals surface area contributed by atoms with Crippen LogP contribution < -0.4 is 5.32 Å². The highest BCUT2D eigenvalue weighted by Gasteiger charge is 2.44. The van der Waals surface area contributed by atoms with Crippen LogP contribution in [0.25, 0.3) is 0 Å². The van der Waals surface area contributed by atoms with Gasteiger partial charge in [-0.15, -0.1) is 0 Å². The lowest BCUT2D eigenvalue weighted by molar-refractivity contribution is -0.302. The molecule has 1 aliphatic heterocycles. The molecule has 0 aromatic rings. The number of nitrogens with one attached hydrogen (secondary N) is 1. The molecule has 0 bridgehead atoms. The van der Waals surface area contributed by atoms with E-state index in [0.29, 0.717) is 12.8 Å². The first-order valence-electron chi connectivity index (χ1n) is 23.8. The van der Waals surface area contributed by atoms with Crippen LogP contribution in [0.1, 0.15) is 174 Å². The number of allylic oxidation sites excluding steroid dienone is 14. The molecule has 1 aliphatic rings. The fraction of sp³-hybridized carbons (Fsp3) is 0.706. The second-order valence-electron chi connectivity index (χ2n) is 16.2. The fourth-order valence-corrected chi connectivity index (χ4v) is 6.96. The van der Waals surface area contributed by atoms with E-state index in [1.165, 1.54) is 44.9 Å². The van der Waals surface area contributed by atoms with Crippen molar-refractivity contribution in [1.29, 1.82) is 0 Å². The van der Waals surface area contributed by atoms with E-state index in [-0.39, 0.29) is 12.5 Å². The van der Waals surface area contributed by atoms with Gasteiger partial charge in [-0.3, -0.25) is 4.79 Å². The highest BCUT2D eigenvalue weighted by molar-refractivity contribution is 5.76. The van der Waals surface area contributed by atoms with E-state index >= 15 is 0 Å². The molecule has 9 heteroatoms. The van der Waals surface area contributed by atoms with E-state index in [9.17, 15) is 30.3 Å². The second-order valence-corrected chi connectivity index (χ2v) is 16.2. The van der Waals surface area contributed by atoms with Crippen molar-refractivity contribution in [3.05, 3.63) is 85.1 Å². The Bertz CT molecular complexity index is 1210. The number of hydrogen-bond donors (Lipinski definition) is 6. The summed E-state index contributed by atoms with van der Waals surface area (Å²) < 4.78 is 11.2. The van der Waals surface area contributed by atoms with Gasteiger partial charge in [0.1, 0.15) is 24.4 Å². The number of rotatable bonds is 38. The average molecular weight is 842 g/mol. The molecule has 0 radical (unpaired) electrons. The van der Waals surface area contributed by atoms with E-state index in [1.807, 2.05) is 0 Å². The van der Waals surface area contributed by atoms with E-state index in [0.717, 1.165) is 103 Å². The van der Waals surface area contributed by atoms with Crippen molar-refractivity contribution in [2.75, 3.05) is 13.2 Å². The minimum absolute atomic E-state index is 0.147. The summed E-state index contributed by atoms with van der Waals surface area (Å²) in [5.41, 5.74) is 0. The SMILES string of the molecule is CC/C=C\C/C=C\C/C=C\C/C=C\C/C=C\C/C=C\C/C=C\CCCCCCCCCCCC(=O)NC(COC1OC(CO)C(O)C(O)C1O)C(O)CCCCCCCC. The van der Waals surface area contributed by atoms with Gasteiger partial charge in [-0.25, -0.2) is 0 Å². The molecule has 0 saturated carbocycles. The Morgan fingerprint density at radius 3 is 1.53 bits per heavy atom. The second kappa shape index (κ2) is 40.4. The van der Waals surface area contributed by atoms with E-state index in [2.05, 4.69) is 104 Å². The number of carbonyl (C=O) groups excluding carboxylic acids is 1. The number of carbonyl (C=O) groups is 1. The van der Waals surface area contributed by atoms with Crippen LogP contribution in [0.3, 0.4) is 0 Å². The first-order chi connectivity index (χ1) is 29.3. The summed E-state index contributed by atoms with van der Waals surface area (Å²) in [4.78, 5) is 12.9. The predicted octanol–water partition coefficient (Wildman–Crippen LogP) is 10.3. The summed E-state index contributed by atoms with van der Waals surface area (Å²) in [6.45, 7) is 3.62. The summed E-state index contributed by atoms with van der Waals surface area (Å²) in [7, 11) is 0. The molecule has 7 unspecified atom stereocenters. The largest absolute Gasteiger partial charge is 0.394 e. The average Bonchev–Trinajstić information content (AvgIpc) is 3.25. The van der Waals surface area contributed by atoms with Gasteiger partial charge in [0.05, 0.1) is 25.4 Å². The molecule has 0 spiro atoms. The smallest absolute Gasteiger partial charge is 0.220 e. The Morgan fingerprint density at radius 1 is 0.583 bits per heavy atom. The molecule has 0 aromatic heterocycles. The van der Waals surface area contributed by atoms with Gasteiger partial charge >= 0.3 is 0 Å². The van der Waals surface area contributed by atoms with Crippen LogP contribution in [0, 0.1) is 0 Å². The molecule has 60 heavy (non-hydrogen) atoms. The zero-order valence-corrected chi connectivity index (χ0v) is 37.7. The number of hydrogen-bond acceptors (Lipinski definition) is 8. The highest BCUT2D eigenvalue weighted by atomic mass is 16.7. The Labute approximate surface area is 365 Å². The third kappa shape index (κ3) is 30.4. The van der Waals surface area contributed by atoms with Crippen molar-refractivity contribution in [2.24, 2.45) is 0 Å². The summed E-state index contributed by atoms with van der Waals surface area (Å²) in [5, 5.41) is 54.0. The van der Waals surface area contributed by atoms with Gasteiger partial charge < -0.3 is 40.3 Å². The van der Waals surface area contributed by atoms with Crippen molar-refractivity contribution in [2.45, 2.75) is 217 Å². The van der Waals surface area contributed by atoms with Gasteiger partial charge in [-0.05, 0) is 70.6 Å². The molecule has 344 valence electrons. The summed E-state index contributed by atoms with van der Waals surface area (Å²) in [6.07, 6.45) is 49.2. The number of ether oxygens (including phenoxy) is 2. The third-order valence-corrected chi connectivity index (χ3v) is 10.8. The maximum atomic E-state index is 12.9. The fourth-order valence-electron chi connectivity index (χ4n) is 6.96. The first kappa shape index (κ1) is 55.4. The molecule has 9 nitrogen and oxygen atoms in total. The zero-order chi connectivity index (χ0) is 43.7. The van der Waals surface area contributed by atoms with E-state index < -0.39 is 49.5 Å². The van der Waals surface area contributed by atoms with Gasteiger partial charge in [0.15, 0.2) is 6.29 Å². The van der Waals surface area contributed by atoms with Crippen molar-refractivity contribution in [3.8, 4) is 0 Å². The van der Waals surface area contributed by atoms with Crippen molar-refractivity contribution in [3.63, 3.8) is 0 Å². The summed E-state index contributed by atoms with van der Waals surface area (Å²) >= 11 is 0. The number of amides is 1. The van der Waals surface area contributed by atoms with Crippen molar-refractivity contribution >= 4 is 5.91 Å². The molecule has 1 saturated heterocycles. The Balaban J connectivity index is 2.14. The van der Waals surface area contributed by atoms with Crippen LogP contribution >= 0.6 is 0 Å². The molecular weight excluding hydrogens is 755 g/mol. The lowest BCUT2D eigenvalue weighted by Gasteiger charge is -2.40. The zero-order valence-electron chi connectivity index (χ0n) is 37.7. The van der Waals surface area contributed by atoms with Crippen molar-refractivity contribution < 1.29 is 39.8 Å². The lowest BCUT2D eigenvalue weighted by Crippen LogP contribution is -2.60. The van der Waals surface area contributed by atoms with Gasteiger partial charge in [0, 0.05) is 6.42 Å². The van der Waals surface area contributed by atoms with E-state index in [1.54, 1.807) is 0 Å². The number of aliphatic hydroxyl groups is 5. The monoisotopic (exact) mass is 842 g/mol. The summed E-state index contributed by atoms with van der Waals surface area (Å²) in [6, 6.07) is -0.724. The van der Waals surface area contributed by atoms with Crippen LogP contribution in [-0.4, -0.2) is 87.5 Å². The molecule has 0 aromatic carbocycles. The molecule has 7 atom stereocenters. The maximum absolute atomic E-state index is 12.9. The standard InChI is InChI=1S/C51H87NO8/c1-3-5-7-9-11-12-13-14-15-16-17-18-19-20-21-22-23-24-25-26-27-28-29-30-31-32-33-34-35-37-39-41-47(55)52-44(45(54)40-38-36-10-8-6-4-2)43-59-51-50(58)49(57)48(56)46(42-53)60-51/h5,7,11-12,14-15,17-18,20-21,23-24,26-27,44-46,48-51,53-54,56-58H,3-4,6,8-10,13,16,19,22,25,28-43H2,1-2H3,(H,52,55)/b7-5-,12-11-,15-14-,18-17-,21-20-,24-23-,27-26-. The molecular formula is C51H87NO8. The van der Waals surface area contributed by atoms with Crippen LogP contribution in [-0.2, 0) is 14.3 Å². The van der Waals surface area contributed by atoms with E-state index in [4.69, 9.17) is 9.47 Å². The Morgan fingerprint density at radius 2 is 1.03 bits per heavy atom. The van der Waals surface area contributed by atoms with Gasteiger partial charge in [-0.2, -0.15) is 0 Å². The van der Waals surface area contributed by atoms with Crippen molar-refractivity contribution in [1.82, 2.24) is 5.32 Å². The first-order valence-corrected chi connectivity index (χ1v) is 23.8. The van der Waals surface area contributed by atoms with Crippen LogP contribution in [0.5, 0.6) is 0 Å². The minimum atomic E-state index is -1.56. The quantitative estimate of drug-likeness (QED) is 0.0266. The molecule has 1 rings (SSSR count). The Hall–Kier alpha value is -2.63. The van der Waals surface area contributed by atoms with Gasteiger partial charge in [0.2, 0.25) is 5.91 Å². The van der Waals surface area contributed by atoms with Gasteiger partial charge in [-0.1, -0.05) is 182 Å². The molecule has 1 amide bonds. The number of aliphatic hydroxyl groups excluding tert-OH is 5. The molecule has 6 N–H and O–H groups in total. The number of unbranched alkanes of at least 4 members (excludes halogenated alkanes) is 14. The molecule has 0 aliphatic carbocycles. The van der Waals surface area contributed by atoms with Crippen LogP contribution in [0.4, 0.5) is 0 Å². The Kier molecular flexibility index (Phi) is 37.3. The maximum Gasteiger partial charge on any atom is 0.220 e. The highest BCUT2D eigenvalue weighted by Crippen LogP contribution is 2.23. The third-order valence-electron chi connectivity index (χ3n) is 10.8.